The molecule has 116 valence electrons. The van der Waals surface area contributed by atoms with Crippen molar-refractivity contribution in [2.75, 3.05) is 7.05 Å². The highest BCUT2D eigenvalue weighted by molar-refractivity contribution is 9.10. The van der Waals surface area contributed by atoms with E-state index in [2.05, 4.69) is 21.2 Å². The molecular formula is C16H22BrClN2O. The lowest BCUT2D eigenvalue weighted by Gasteiger charge is -2.35. The van der Waals surface area contributed by atoms with Gasteiger partial charge in [-0.15, -0.1) is 12.4 Å². The van der Waals surface area contributed by atoms with Gasteiger partial charge in [0.05, 0.1) is 0 Å². The van der Waals surface area contributed by atoms with E-state index in [9.17, 15) is 4.79 Å². The van der Waals surface area contributed by atoms with Gasteiger partial charge in [0.1, 0.15) is 0 Å². The van der Waals surface area contributed by atoms with Crippen molar-refractivity contribution in [2.24, 2.45) is 0 Å². The van der Waals surface area contributed by atoms with E-state index in [4.69, 9.17) is 0 Å². The summed E-state index contributed by atoms with van der Waals surface area (Å²) in [5.41, 5.74) is 1.90. The summed E-state index contributed by atoms with van der Waals surface area (Å²) in [7, 11) is 1.95. The van der Waals surface area contributed by atoms with Crippen molar-refractivity contribution in [3.63, 3.8) is 0 Å². The maximum absolute atomic E-state index is 12.7. The molecule has 0 aliphatic carbocycles. The summed E-state index contributed by atoms with van der Waals surface area (Å²) < 4.78 is 0.972. The van der Waals surface area contributed by atoms with E-state index < -0.39 is 0 Å². The van der Waals surface area contributed by atoms with Gasteiger partial charge >= 0.3 is 0 Å². The molecule has 0 spiro atoms. The second kappa shape index (κ2) is 6.67. The van der Waals surface area contributed by atoms with Crippen LogP contribution in [0.3, 0.4) is 0 Å². The van der Waals surface area contributed by atoms with Crippen LogP contribution >= 0.6 is 28.3 Å². The first-order valence-corrected chi connectivity index (χ1v) is 8.12. The van der Waals surface area contributed by atoms with Crippen LogP contribution in [0.5, 0.6) is 0 Å². The molecule has 2 aliphatic rings. The molecule has 5 heteroatoms. The van der Waals surface area contributed by atoms with E-state index >= 15 is 0 Å². The first-order valence-electron chi connectivity index (χ1n) is 7.33. The number of rotatable bonds is 2. The fraction of sp³-hybridized carbons (Fsp3) is 0.562. The summed E-state index contributed by atoms with van der Waals surface area (Å²) in [6.45, 7) is 2.02. The van der Waals surface area contributed by atoms with Crippen LogP contribution in [0.15, 0.2) is 22.7 Å². The van der Waals surface area contributed by atoms with E-state index in [1.54, 1.807) is 0 Å². The maximum Gasteiger partial charge on any atom is 0.253 e. The van der Waals surface area contributed by atoms with Crippen LogP contribution < -0.4 is 5.32 Å². The number of piperidine rings is 1. The predicted molar refractivity (Wildman–Crippen MR) is 91.2 cm³/mol. The van der Waals surface area contributed by atoms with Crippen molar-refractivity contribution < 1.29 is 4.79 Å². The largest absolute Gasteiger partial charge is 0.339 e. The molecule has 2 fully saturated rings. The molecule has 2 bridgehead atoms. The number of amides is 1. The summed E-state index contributed by atoms with van der Waals surface area (Å²) in [5, 5.41) is 3.63. The molecule has 1 aromatic rings. The molecule has 2 heterocycles. The zero-order valence-electron chi connectivity index (χ0n) is 12.4. The van der Waals surface area contributed by atoms with Crippen LogP contribution in [-0.4, -0.2) is 36.0 Å². The molecular weight excluding hydrogens is 352 g/mol. The number of carbonyl (C=O) groups excluding carboxylic acids is 1. The Balaban J connectivity index is 0.00000161. The van der Waals surface area contributed by atoms with Crippen molar-refractivity contribution in [3.05, 3.63) is 33.8 Å². The van der Waals surface area contributed by atoms with Crippen molar-refractivity contribution in [1.82, 2.24) is 10.2 Å². The summed E-state index contributed by atoms with van der Waals surface area (Å²) >= 11 is 3.47. The van der Waals surface area contributed by atoms with E-state index in [-0.39, 0.29) is 18.3 Å². The third-order valence-electron chi connectivity index (χ3n) is 4.61. The minimum absolute atomic E-state index is 0. The number of benzene rings is 1. The minimum Gasteiger partial charge on any atom is -0.339 e. The Labute approximate surface area is 141 Å². The fourth-order valence-corrected chi connectivity index (χ4v) is 4.18. The molecule has 2 aliphatic heterocycles. The minimum atomic E-state index is 0. The van der Waals surface area contributed by atoms with E-state index in [1.165, 1.54) is 12.8 Å². The second-order valence-corrected chi connectivity index (χ2v) is 7.11. The summed E-state index contributed by atoms with van der Waals surface area (Å²) in [4.78, 5) is 14.6. The monoisotopic (exact) mass is 372 g/mol. The van der Waals surface area contributed by atoms with E-state index in [0.29, 0.717) is 18.1 Å². The number of fused-ring (bicyclic) bond motifs is 2. The molecule has 21 heavy (non-hydrogen) atoms. The number of aryl methyl sites for hydroxylation is 1. The molecule has 0 aromatic heterocycles. The van der Waals surface area contributed by atoms with Crippen LogP contribution in [0.2, 0.25) is 0 Å². The second-order valence-electron chi connectivity index (χ2n) is 6.20. The molecule has 0 saturated carbocycles. The zero-order chi connectivity index (χ0) is 14.3. The maximum atomic E-state index is 12.7. The van der Waals surface area contributed by atoms with Gasteiger partial charge in [-0.1, -0.05) is 15.9 Å². The highest BCUT2D eigenvalue weighted by Gasteiger charge is 2.36. The first kappa shape index (κ1) is 16.8. The summed E-state index contributed by atoms with van der Waals surface area (Å²) in [5.74, 6) is 0.140. The number of nitrogens with zero attached hydrogens (tertiary/aromatic N) is 1. The molecule has 3 rings (SSSR count). The average Bonchev–Trinajstić information content (AvgIpc) is 2.74. The van der Waals surface area contributed by atoms with Gasteiger partial charge in [-0.05, 0) is 56.4 Å². The number of nitrogens with one attached hydrogen (secondary N) is 1. The Morgan fingerprint density at radius 2 is 1.86 bits per heavy atom. The summed E-state index contributed by atoms with van der Waals surface area (Å²) in [6.07, 6.45) is 4.70. The molecule has 1 amide bonds. The highest BCUT2D eigenvalue weighted by atomic mass is 79.9. The Hall–Kier alpha value is -0.580. The predicted octanol–water partition coefficient (Wildman–Crippen LogP) is 3.53. The normalized spacial score (nSPS) is 27.1. The average molecular weight is 374 g/mol. The Morgan fingerprint density at radius 1 is 1.24 bits per heavy atom. The van der Waals surface area contributed by atoms with E-state index in [1.807, 2.05) is 37.1 Å². The molecule has 1 N–H and O–H groups in total. The van der Waals surface area contributed by atoms with Gasteiger partial charge < -0.3 is 10.2 Å². The van der Waals surface area contributed by atoms with Gasteiger partial charge in [-0.25, -0.2) is 0 Å². The van der Waals surface area contributed by atoms with Gasteiger partial charge in [0.25, 0.3) is 5.91 Å². The van der Waals surface area contributed by atoms with Gasteiger partial charge in [0, 0.05) is 35.2 Å². The molecule has 2 atom stereocenters. The van der Waals surface area contributed by atoms with Crippen molar-refractivity contribution >= 4 is 34.2 Å². The van der Waals surface area contributed by atoms with Crippen molar-refractivity contribution in [1.29, 1.82) is 0 Å². The Kier molecular flexibility index (Phi) is 5.33. The number of hydrogen-bond donors (Lipinski definition) is 1. The number of hydrogen-bond acceptors (Lipinski definition) is 2. The van der Waals surface area contributed by atoms with Crippen LogP contribution in [0, 0.1) is 6.92 Å². The zero-order valence-corrected chi connectivity index (χ0v) is 14.8. The third kappa shape index (κ3) is 3.61. The van der Waals surface area contributed by atoms with Crippen LogP contribution in [0.4, 0.5) is 0 Å². The molecule has 2 unspecified atom stereocenters. The molecule has 2 saturated heterocycles. The lowest BCUT2D eigenvalue weighted by molar-refractivity contribution is 0.0681. The fourth-order valence-electron chi connectivity index (χ4n) is 3.57. The highest BCUT2D eigenvalue weighted by Crippen LogP contribution is 2.30. The molecule has 0 radical (unpaired) electrons. The SMILES string of the molecule is Cc1cc(Br)cc(C(=O)N(C)C2CC3CCC(C2)N3)c1.Cl. The van der Waals surface area contributed by atoms with Crippen LogP contribution in [-0.2, 0) is 0 Å². The first-order chi connectivity index (χ1) is 9.52. The lowest BCUT2D eigenvalue weighted by Crippen LogP contribution is -2.48. The summed E-state index contributed by atoms with van der Waals surface area (Å²) in [6, 6.07) is 7.51. The number of halogens is 2. The van der Waals surface area contributed by atoms with Gasteiger partial charge in [-0.3, -0.25) is 4.79 Å². The lowest BCUT2D eigenvalue weighted by atomic mass is 9.98. The van der Waals surface area contributed by atoms with Gasteiger partial charge in [-0.2, -0.15) is 0 Å². The number of carbonyl (C=O) groups is 1. The van der Waals surface area contributed by atoms with E-state index in [0.717, 1.165) is 28.4 Å². The van der Waals surface area contributed by atoms with Crippen LogP contribution in [0.25, 0.3) is 0 Å². The van der Waals surface area contributed by atoms with Crippen LogP contribution in [0.1, 0.15) is 41.6 Å². The van der Waals surface area contributed by atoms with Crippen molar-refractivity contribution in [2.45, 2.75) is 50.7 Å². The third-order valence-corrected chi connectivity index (χ3v) is 5.06. The molecule has 3 nitrogen and oxygen atoms in total. The van der Waals surface area contributed by atoms with Gasteiger partial charge in [0.2, 0.25) is 0 Å². The topological polar surface area (TPSA) is 32.3 Å². The molecule has 1 aromatic carbocycles. The Bertz CT molecular complexity index is 505. The smallest absolute Gasteiger partial charge is 0.253 e. The Morgan fingerprint density at radius 3 is 2.43 bits per heavy atom. The quantitative estimate of drug-likeness (QED) is 0.860. The standard InChI is InChI=1S/C16H21BrN2O.ClH/c1-10-5-11(7-12(17)6-10)16(20)19(2)15-8-13-3-4-14(9-15)18-13;/h5-7,13-15,18H,3-4,8-9H2,1-2H3;1H. The van der Waals surface area contributed by atoms with Crippen molar-refractivity contribution in [3.8, 4) is 0 Å². The van der Waals surface area contributed by atoms with Gasteiger partial charge in [0.15, 0.2) is 0 Å².